The number of imide groups is 1. The number of amides is 2. The van der Waals surface area contributed by atoms with Gasteiger partial charge >= 0.3 is 0 Å². The molecular formula is C12H9ClINO2. The Kier molecular flexibility index (Phi) is 2.49. The van der Waals surface area contributed by atoms with Crippen LogP contribution in [0.3, 0.4) is 0 Å². The van der Waals surface area contributed by atoms with Gasteiger partial charge in [-0.3, -0.25) is 9.59 Å². The van der Waals surface area contributed by atoms with Crippen molar-refractivity contribution in [3.05, 3.63) is 29.3 Å². The van der Waals surface area contributed by atoms with Crippen LogP contribution in [0.15, 0.2) is 24.3 Å². The summed E-state index contributed by atoms with van der Waals surface area (Å²) in [5.74, 6) is -0.180. The highest BCUT2D eigenvalue weighted by molar-refractivity contribution is 14.1. The van der Waals surface area contributed by atoms with E-state index in [-0.39, 0.29) is 11.8 Å². The van der Waals surface area contributed by atoms with Crippen LogP contribution in [0, 0.1) is 5.41 Å². The molecule has 1 spiro atoms. The molecule has 0 N–H and O–H groups in total. The lowest BCUT2D eigenvalue weighted by atomic mass is 10.1. The number of benzene rings is 1. The monoisotopic (exact) mass is 361 g/mol. The van der Waals surface area contributed by atoms with Crippen molar-refractivity contribution < 1.29 is 9.59 Å². The Hall–Kier alpha value is -0.620. The normalized spacial score (nSPS) is 31.4. The van der Waals surface area contributed by atoms with Gasteiger partial charge in [-0.2, -0.15) is 0 Å². The molecule has 1 saturated carbocycles. The van der Waals surface area contributed by atoms with Gasteiger partial charge in [0.1, 0.15) is 0 Å². The van der Waals surface area contributed by atoms with E-state index < -0.39 is 5.41 Å². The van der Waals surface area contributed by atoms with Crippen molar-refractivity contribution >= 4 is 51.7 Å². The van der Waals surface area contributed by atoms with Gasteiger partial charge in [0.15, 0.2) is 0 Å². The number of alkyl halides is 1. The lowest BCUT2D eigenvalue weighted by Crippen LogP contribution is -2.31. The zero-order valence-electron chi connectivity index (χ0n) is 8.82. The number of rotatable bonds is 1. The average Bonchev–Trinajstić information content (AvgIpc) is 2.82. The van der Waals surface area contributed by atoms with Crippen LogP contribution >= 0.6 is 34.2 Å². The van der Waals surface area contributed by atoms with E-state index in [0.717, 1.165) is 6.42 Å². The number of carbonyl (C=O) groups is 2. The van der Waals surface area contributed by atoms with E-state index in [1.54, 1.807) is 24.3 Å². The first kappa shape index (κ1) is 11.5. The van der Waals surface area contributed by atoms with Gasteiger partial charge in [-0.15, -0.1) is 0 Å². The molecule has 3 nitrogen and oxygen atoms in total. The van der Waals surface area contributed by atoms with Gasteiger partial charge in [0, 0.05) is 15.4 Å². The van der Waals surface area contributed by atoms with Gasteiger partial charge < -0.3 is 0 Å². The van der Waals surface area contributed by atoms with Crippen molar-refractivity contribution in [1.29, 1.82) is 0 Å². The first-order valence-corrected chi connectivity index (χ1v) is 6.94. The second-order valence-electron chi connectivity index (χ2n) is 4.52. The van der Waals surface area contributed by atoms with Gasteiger partial charge in [0.2, 0.25) is 11.8 Å². The van der Waals surface area contributed by atoms with Crippen molar-refractivity contribution in [2.75, 3.05) is 4.90 Å². The molecule has 17 heavy (non-hydrogen) atoms. The maximum absolute atomic E-state index is 12.3. The van der Waals surface area contributed by atoms with E-state index in [1.807, 2.05) is 0 Å². The lowest BCUT2D eigenvalue weighted by Gasteiger charge is -2.14. The van der Waals surface area contributed by atoms with Crippen LogP contribution < -0.4 is 4.90 Å². The van der Waals surface area contributed by atoms with Crippen LogP contribution in [0.2, 0.25) is 5.02 Å². The molecule has 0 aromatic heterocycles. The maximum Gasteiger partial charge on any atom is 0.241 e. The number of nitrogens with zero attached hydrogens (tertiary/aromatic N) is 1. The molecule has 3 rings (SSSR count). The highest BCUT2D eigenvalue weighted by Crippen LogP contribution is 2.59. The Morgan fingerprint density at radius 3 is 2.65 bits per heavy atom. The number of hydrogen-bond acceptors (Lipinski definition) is 2. The molecule has 1 saturated heterocycles. The summed E-state index contributed by atoms with van der Waals surface area (Å²) in [6.07, 6.45) is 1.15. The molecule has 1 aromatic carbocycles. The minimum atomic E-state index is -0.417. The van der Waals surface area contributed by atoms with Gasteiger partial charge in [0.05, 0.1) is 11.1 Å². The van der Waals surface area contributed by atoms with E-state index in [9.17, 15) is 9.59 Å². The van der Waals surface area contributed by atoms with Gasteiger partial charge in [-0.1, -0.05) is 40.3 Å². The fourth-order valence-corrected chi connectivity index (χ4v) is 3.76. The Morgan fingerprint density at radius 2 is 2.12 bits per heavy atom. The highest BCUT2D eigenvalue weighted by Gasteiger charge is 2.66. The number of anilines is 1. The fraction of sp³-hybridized carbons (Fsp3) is 0.333. The SMILES string of the molecule is O=C1CC2(CC2I)C(=O)N1c1cccc(Cl)c1. The summed E-state index contributed by atoms with van der Waals surface area (Å²) >= 11 is 8.13. The third kappa shape index (κ3) is 1.61. The summed E-state index contributed by atoms with van der Waals surface area (Å²) in [6, 6.07) is 6.87. The van der Waals surface area contributed by atoms with Crippen LogP contribution in [0.1, 0.15) is 12.8 Å². The molecule has 2 amide bonds. The molecule has 2 unspecified atom stereocenters. The summed E-state index contributed by atoms with van der Waals surface area (Å²) in [5.41, 5.74) is 0.167. The Labute approximate surface area is 117 Å². The molecule has 2 fully saturated rings. The average molecular weight is 362 g/mol. The predicted molar refractivity (Wildman–Crippen MR) is 73.4 cm³/mol. The van der Waals surface area contributed by atoms with E-state index in [0.29, 0.717) is 21.1 Å². The Morgan fingerprint density at radius 1 is 1.41 bits per heavy atom. The van der Waals surface area contributed by atoms with Crippen LogP contribution in [-0.4, -0.2) is 15.7 Å². The lowest BCUT2D eigenvalue weighted by molar-refractivity contribution is -0.122. The summed E-state index contributed by atoms with van der Waals surface area (Å²) in [6.45, 7) is 0. The number of carbonyl (C=O) groups excluding carboxylic acids is 2. The largest absolute Gasteiger partial charge is 0.274 e. The minimum absolute atomic E-state index is 0.0656. The zero-order valence-corrected chi connectivity index (χ0v) is 11.7. The molecule has 1 heterocycles. The molecule has 0 bridgehead atoms. The summed E-state index contributed by atoms with van der Waals surface area (Å²) in [7, 11) is 0. The topological polar surface area (TPSA) is 37.4 Å². The molecule has 2 atom stereocenters. The van der Waals surface area contributed by atoms with Crippen LogP contribution in [-0.2, 0) is 9.59 Å². The Balaban J connectivity index is 1.99. The van der Waals surface area contributed by atoms with Crippen LogP contribution in [0.4, 0.5) is 5.69 Å². The van der Waals surface area contributed by atoms with Crippen molar-refractivity contribution in [3.63, 3.8) is 0 Å². The van der Waals surface area contributed by atoms with Gasteiger partial charge in [-0.25, -0.2) is 4.90 Å². The number of halogens is 2. The van der Waals surface area contributed by atoms with Crippen molar-refractivity contribution in [2.24, 2.45) is 5.41 Å². The first-order valence-electron chi connectivity index (χ1n) is 5.32. The smallest absolute Gasteiger partial charge is 0.241 e. The van der Waals surface area contributed by atoms with Crippen molar-refractivity contribution in [1.82, 2.24) is 0 Å². The molecule has 1 aromatic rings. The summed E-state index contributed by atoms with van der Waals surface area (Å²) in [4.78, 5) is 25.5. The van der Waals surface area contributed by atoms with E-state index >= 15 is 0 Å². The van der Waals surface area contributed by atoms with Gasteiger partial charge in [-0.05, 0) is 24.6 Å². The molecule has 5 heteroatoms. The number of hydrogen-bond donors (Lipinski definition) is 0. The van der Waals surface area contributed by atoms with Gasteiger partial charge in [0.25, 0.3) is 0 Å². The molecular weight excluding hydrogens is 352 g/mol. The van der Waals surface area contributed by atoms with E-state index in [2.05, 4.69) is 22.6 Å². The minimum Gasteiger partial charge on any atom is -0.274 e. The first-order chi connectivity index (χ1) is 8.04. The molecule has 2 aliphatic rings. The Bertz CT molecular complexity index is 533. The van der Waals surface area contributed by atoms with Crippen LogP contribution in [0.25, 0.3) is 0 Å². The second-order valence-corrected chi connectivity index (χ2v) is 6.46. The standard InChI is InChI=1S/C12H9ClINO2/c13-7-2-1-3-8(4-7)15-10(16)6-12(11(15)17)5-9(12)14/h1-4,9H,5-6H2. The quantitative estimate of drug-likeness (QED) is 0.438. The van der Waals surface area contributed by atoms with Crippen LogP contribution in [0.5, 0.6) is 0 Å². The molecule has 1 aliphatic carbocycles. The van der Waals surface area contributed by atoms with E-state index in [1.165, 1.54) is 4.90 Å². The molecule has 88 valence electrons. The molecule has 0 radical (unpaired) electrons. The highest BCUT2D eigenvalue weighted by atomic mass is 127. The molecule has 1 aliphatic heterocycles. The second kappa shape index (κ2) is 3.68. The zero-order chi connectivity index (χ0) is 12.2. The predicted octanol–water partition coefficient (Wildman–Crippen LogP) is 2.80. The van der Waals surface area contributed by atoms with Crippen molar-refractivity contribution in [2.45, 2.75) is 16.8 Å². The fourth-order valence-electron chi connectivity index (χ4n) is 2.30. The summed E-state index contributed by atoms with van der Waals surface area (Å²) in [5, 5.41) is 0.533. The third-order valence-electron chi connectivity index (χ3n) is 3.39. The van der Waals surface area contributed by atoms with Crippen molar-refractivity contribution in [3.8, 4) is 0 Å². The van der Waals surface area contributed by atoms with E-state index in [4.69, 9.17) is 11.6 Å². The summed E-state index contributed by atoms with van der Waals surface area (Å²) < 4.78 is 0.292. The third-order valence-corrected chi connectivity index (χ3v) is 5.26. The maximum atomic E-state index is 12.3.